The van der Waals surface area contributed by atoms with Crippen molar-refractivity contribution >= 4 is 46.7 Å². The number of fused-ring (bicyclic) bond motifs is 1. The average molecular weight is 556 g/mol. The van der Waals surface area contributed by atoms with Crippen molar-refractivity contribution in [1.29, 1.82) is 0 Å². The van der Waals surface area contributed by atoms with Gasteiger partial charge in [0.25, 0.3) is 0 Å². The zero-order valence-electron chi connectivity index (χ0n) is 23.1. The smallest absolute Gasteiger partial charge is 0.167 e. The lowest BCUT2D eigenvalue weighted by Gasteiger charge is -2.29. The lowest BCUT2D eigenvalue weighted by Crippen LogP contribution is -2.31. The van der Waals surface area contributed by atoms with Crippen molar-refractivity contribution in [3.8, 4) is 5.75 Å². The number of allylic oxidation sites excluding steroid dienone is 2. The molecule has 4 nitrogen and oxygen atoms in total. The Hall–Kier alpha value is -3.27. The molecule has 0 N–H and O–H groups in total. The van der Waals surface area contributed by atoms with E-state index in [-0.39, 0.29) is 28.0 Å². The van der Waals surface area contributed by atoms with Crippen LogP contribution >= 0.6 is 6.26 Å². The molecule has 0 saturated heterocycles. The molecule has 0 amide bonds. The van der Waals surface area contributed by atoms with Crippen LogP contribution in [0.1, 0.15) is 51.7 Å². The summed E-state index contributed by atoms with van der Waals surface area (Å²) in [7, 11) is 2.08. The normalized spacial score (nSPS) is 20.5. The van der Waals surface area contributed by atoms with Gasteiger partial charge in [0.1, 0.15) is 5.75 Å². The molecule has 3 aromatic carbocycles. The third-order valence-corrected chi connectivity index (χ3v) is 10.9. The average Bonchev–Trinajstić information content (AvgIpc) is 3.08. The highest BCUT2D eigenvalue weighted by Crippen LogP contribution is 2.55. The summed E-state index contributed by atoms with van der Waals surface area (Å²) >= 11 is 6.35. The van der Waals surface area contributed by atoms with Crippen LogP contribution in [0, 0.1) is 5.41 Å². The number of likely N-dealkylation sites (N-methyl/N-ethyl adjacent to an activating group) is 1. The van der Waals surface area contributed by atoms with Crippen LogP contribution in [0.25, 0.3) is 6.08 Å². The van der Waals surface area contributed by atoms with E-state index in [0.717, 1.165) is 16.6 Å². The molecule has 39 heavy (non-hydrogen) atoms. The zero-order valence-corrected chi connectivity index (χ0v) is 24.8. The maximum Gasteiger partial charge on any atom is 0.167 e. The molecule has 3 aromatic rings. The van der Waals surface area contributed by atoms with E-state index in [9.17, 15) is 9.59 Å². The van der Waals surface area contributed by atoms with Crippen molar-refractivity contribution < 1.29 is 14.1 Å². The van der Waals surface area contributed by atoms with Crippen molar-refractivity contribution in [3.63, 3.8) is 0 Å². The number of benzene rings is 3. The van der Waals surface area contributed by atoms with Crippen LogP contribution in [0.5, 0.6) is 5.75 Å². The summed E-state index contributed by atoms with van der Waals surface area (Å²) in [6, 6.07) is 26.0. The summed E-state index contributed by atoms with van der Waals surface area (Å²) in [4.78, 5) is 27.5. The quantitative estimate of drug-likeness (QED) is 0.187. The number of anilines is 1. The van der Waals surface area contributed by atoms with E-state index < -0.39 is 6.26 Å². The molecule has 0 aromatic heterocycles. The fourth-order valence-corrected chi connectivity index (χ4v) is 8.64. The van der Waals surface area contributed by atoms with E-state index >= 15 is 0 Å². The van der Waals surface area contributed by atoms with E-state index in [1.807, 2.05) is 68.4 Å². The predicted molar refractivity (Wildman–Crippen MR) is 164 cm³/mol. The van der Waals surface area contributed by atoms with Crippen LogP contribution in [0.3, 0.4) is 0 Å². The topological polar surface area (TPSA) is 46.6 Å². The highest BCUT2D eigenvalue weighted by molar-refractivity contribution is 8.17. The molecule has 2 aliphatic rings. The molecule has 1 saturated carbocycles. The van der Waals surface area contributed by atoms with Gasteiger partial charge >= 0.3 is 0 Å². The number of carbonyl (C=O) groups is 2. The van der Waals surface area contributed by atoms with Crippen LogP contribution in [0.4, 0.5) is 5.69 Å². The first-order chi connectivity index (χ1) is 18.4. The molecular formula is C33H34NO3PS. The summed E-state index contributed by atoms with van der Waals surface area (Å²) in [5, 5.41) is 0.972. The van der Waals surface area contributed by atoms with Crippen molar-refractivity contribution in [2.75, 3.05) is 11.9 Å². The Morgan fingerprint density at radius 1 is 0.846 bits per heavy atom. The molecule has 5 rings (SSSR count). The molecule has 200 valence electrons. The monoisotopic (exact) mass is 555 g/mol. The van der Waals surface area contributed by atoms with Crippen molar-refractivity contribution in [2.45, 2.75) is 46.0 Å². The summed E-state index contributed by atoms with van der Waals surface area (Å²) in [5.74, 6) is 2.63. The first kappa shape index (κ1) is 27.3. The predicted octanol–water partition coefficient (Wildman–Crippen LogP) is 7.40. The molecule has 1 aliphatic heterocycles. The Balaban J connectivity index is 1.48. The summed E-state index contributed by atoms with van der Waals surface area (Å²) in [6.07, 6.45) is -0.198. The lowest BCUT2D eigenvalue weighted by molar-refractivity contribution is -0.127. The number of carbonyl (C=O) groups excluding carboxylic acids is 2. The van der Waals surface area contributed by atoms with Crippen LogP contribution in [0.15, 0.2) is 96.0 Å². The van der Waals surface area contributed by atoms with Crippen molar-refractivity contribution in [3.05, 3.63) is 107 Å². The number of rotatable bonds is 5. The van der Waals surface area contributed by atoms with Gasteiger partial charge in [-0.05, 0) is 52.6 Å². The Morgan fingerprint density at radius 3 is 2.05 bits per heavy atom. The van der Waals surface area contributed by atoms with Crippen LogP contribution in [-0.4, -0.2) is 18.6 Å². The van der Waals surface area contributed by atoms with Gasteiger partial charge in [-0.2, -0.15) is 0 Å². The first-order valence-corrected chi connectivity index (χ1v) is 16.0. The van der Waals surface area contributed by atoms with Gasteiger partial charge in [0, 0.05) is 47.8 Å². The van der Waals surface area contributed by atoms with E-state index in [4.69, 9.17) is 16.3 Å². The molecule has 1 unspecified atom stereocenters. The van der Waals surface area contributed by atoms with Gasteiger partial charge in [0.15, 0.2) is 17.8 Å². The Labute approximate surface area is 236 Å². The summed E-state index contributed by atoms with van der Waals surface area (Å²) < 4.78 is 6.67. The molecule has 0 radical (unpaired) electrons. The molecule has 1 heterocycles. The van der Waals surface area contributed by atoms with E-state index in [0.29, 0.717) is 18.6 Å². The van der Waals surface area contributed by atoms with Gasteiger partial charge < -0.3 is 9.42 Å². The molecule has 6 heteroatoms. The fourth-order valence-electron chi connectivity index (χ4n) is 5.57. The minimum absolute atomic E-state index is 0.0907. The number of ketones is 2. The number of hydrogen-bond donors (Lipinski definition) is 0. The number of Topliss-reactive ketones (excluding diaryl/α,β-unsaturated/α-hetero) is 2. The fraction of sp³-hybridized carbons (Fsp3) is 0.273. The van der Waals surface area contributed by atoms with Gasteiger partial charge in [0.2, 0.25) is 0 Å². The lowest BCUT2D eigenvalue weighted by atomic mass is 9.74. The van der Waals surface area contributed by atoms with Gasteiger partial charge in [-0.25, -0.2) is 0 Å². The summed E-state index contributed by atoms with van der Waals surface area (Å²) in [6.45, 7) is 8.37. The van der Waals surface area contributed by atoms with Gasteiger partial charge in [-0.3, -0.25) is 9.59 Å². The highest BCUT2D eigenvalue weighted by Gasteiger charge is 2.40. The third kappa shape index (κ3) is 5.31. The molecule has 0 spiro atoms. The summed E-state index contributed by atoms with van der Waals surface area (Å²) in [5.41, 5.74) is 4.13. The van der Waals surface area contributed by atoms with E-state index in [1.54, 1.807) is 6.08 Å². The highest BCUT2D eigenvalue weighted by atomic mass is 32.4. The Kier molecular flexibility index (Phi) is 7.03. The number of para-hydroxylation sites is 1. The minimum Gasteiger partial charge on any atom is -0.458 e. The first-order valence-electron chi connectivity index (χ1n) is 13.2. The largest absolute Gasteiger partial charge is 0.458 e. The maximum absolute atomic E-state index is 12.6. The van der Waals surface area contributed by atoms with Crippen LogP contribution in [-0.2, 0) is 26.8 Å². The van der Waals surface area contributed by atoms with Gasteiger partial charge in [-0.15, -0.1) is 0 Å². The van der Waals surface area contributed by atoms with Crippen molar-refractivity contribution in [2.24, 2.45) is 5.41 Å². The molecular weight excluding hydrogens is 521 g/mol. The van der Waals surface area contributed by atoms with Crippen LogP contribution in [0.2, 0.25) is 0 Å². The second-order valence-corrected chi connectivity index (χ2v) is 15.5. The molecule has 1 atom stereocenters. The number of hydrogen-bond acceptors (Lipinski definition) is 5. The standard InChI is InChI=1S/C33H34NO3PS/c1-32(2)20-29(35)26(30(36)21-32)19-23-15-17-24(18-16-23)37-38(39,25-11-7-6-8-12-25)22-31-33(3,4)27-13-9-10-14-28(27)34(31)5/h6-19,22H,20-21H2,1-5H3/b31-22-. The van der Waals surface area contributed by atoms with E-state index in [1.165, 1.54) is 11.3 Å². The maximum atomic E-state index is 12.6. The SMILES string of the molecule is CN1/C(=C\P(=S)(Oc2ccc(C=C3C(=O)CC(C)(C)CC3=O)cc2)c2ccccc2)C(C)(C)c2ccccc21. The van der Waals surface area contributed by atoms with Crippen molar-refractivity contribution in [1.82, 2.24) is 0 Å². The zero-order chi connectivity index (χ0) is 28.0. The van der Waals surface area contributed by atoms with Crippen LogP contribution < -0.4 is 14.7 Å². The molecule has 0 bridgehead atoms. The Bertz CT molecular complexity index is 1530. The van der Waals surface area contributed by atoms with Gasteiger partial charge in [-0.1, -0.05) is 88.4 Å². The molecule has 1 fully saturated rings. The second-order valence-electron chi connectivity index (χ2n) is 11.7. The Morgan fingerprint density at radius 2 is 1.44 bits per heavy atom. The number of nitrogens with zero attached hydrogens (tertiary/aromatic N) is 1. The minimum atomic E-state index is -2.67. The van der Waals surface area contributed by atoms with E-state index in [2.05, 4.69) is 55.9 Å². The third-order valence-electron chi connectivity index (χ3n) is 7.66. The molecule has 1 aliphatic carbocycles. The second kappa shape index (κ2) is 10.0. The van der Waals surface area contributed by atoms with Gasteiger partial charge in [0.05, 0.1) is 5.57 Å².